The fourth-order valence-corrected chi connectivity index (χ4v) is 2.55. The zero-order chi connectivity index (χ0) is 15.3. The molecule has 10 nitrogen and oxygen atoms in total. The van der Waals surface area contributed by atoms with Gasteiger partial charge in [0.1, 0.15) is 0 Å². The first-order valence-electron chi connectivity index (χ1n) is 5.31. The molecule has 0 bridgehead atoms. The molecule has 6 N–H and O–H groups in total. The molecule has 1 rings (SSSR count). The summed E-state index contributed by atoms with van der Waals surface area (Å²) < 4.78 is 25.9. The van der Waals surface area contributed by atoms with E-state index in [0.717, 1.165) is 12.1 Å². The number of nitro benzene ring substituents is 1. The molecule has 0 fully saturated rings. The van der Waals surface area contributed by atoms with E-state index in [1.165, 1.54) is 6.07 Å². The van der Waals surface area contributed by atoms with Crippen molar-refractivity contribution >= 4 is 27.3 Å². The minimum atomic E-state index is -4.12. The van der Waals surface area contributed by atoms with Gasteiger partial charge in [0.15, 0.2) is 4.90 Å². The third kappa shape index (κ3) is 3.88. The molecule has 0 atom stereocenters. The molecule has 1 aromatic rings. The van der Waals surface area contributed by atoms with E-state index in [1.807, 2.05) is 0 Å². The van der Waals surface area contributed by atoms with Crippen LogP contribution in [0, 0.1) is 10.1 Å². The smallest absolute Gasteiger partial charge is 0.291 e. The van der Waals surface area contributed by atoms with Crippen molar-refractivity contribution in [2.45, 2.75) is 11.3 Å². The summed E-state index contributed by atoms with van der Waals surface area (Å²) in [4.78, 5) is 20.1. The third-order valence-electron chi connectivity index (χ3n) is 2.28. The van der Waals surface area contributed by atoms with Crippen LogP contribution < -0.4 is 21.7 Å². The topological polar surface area (TPSA) is 170 Å². The van der Waals surface area contributed by atoms with Crippen molar-refractivity contribution in [3.63, 3.8) is 0 Å². The van der Waals surface area contributed by atoms with Gasteiger partial charge in [-0.1, -0.05) is 0 Å². The van der Waals surface area contributed by atoms with E-state index in [0.29, 0.717) is 0 Å². The van der Waals surface area contributed by atoms with E-state index in [4.69, 9.17) is 11.6 Å². The Labute approximate surface area is 114 Å². The zero-order valence-corrected chi connectivity index (χ0v) is 11.0. The molecule has 0 heterocycles. The highest BCUT2D eigenvalue weighted by Gasteiger charge is 2.25. The van der Waals surface area contributed by atoms with Gasteiger partial charge in [-0.2, -0.15) is 0 Å². The Bertz CT molecular complexity index is 630. The van der Waals surface area contributed by atoms with Crippen LogP contribution in [0.4, 0.5) is 11.4 Å². The summed E-state index contributed by atoms with van der Waals surface area (Å²) in [5.41, 5.74) is 6.61. The van der Waals surface area contributed by atoms with E-state index >= 15 is 0 Å². The van der Waals surface area contributed by atoms with Gasteiger partial charge in [0.2, 0.25) is 15.9 Å². The second-order valence-corrected chi connectivity index (χ2v) is 5.43. The molecule has 1 amide bonds. The number of nitrogen functional groups attached to an aromatic ring is 1. The zero-order valence-electron chi connectivity index (χ0n) is 10.2. The molecular weight excluding hydrogens is 290 g/mol. The lowest BCUT2D eigenvalue weighted by atomic mass is 10.3. The molecule has 1 aromatic carbocycles. The predicted octanol–water partition coefficient (Wildman–Crippen LogP) is -0.966. The van der Waals surface area contributed by atoms with E-state index in [-0.39, 0.29) is 18.7 Å². The molecule has 0 aliphatic heterocycles. The summed E-state index contributed by atoms with van der Waals surface area (Å²) in [5, 5.41) is 10.9. The number of anilines is 1. The molecule has 110 valence electrons. The molecule has 0 radical (unpaired) electrons. The van der Waals surface area contributed by atoms with Crippen LogP contribution in [0.25, 0.3) is 0 Å². The van der Waals surface area contributed by atoms with Crippen LogP contribution in [0.15, 0.2) is 23.1 Å². The lowest BCUT2D eigenvalue weighted by molar-refractivity contribution is -0.387. The van der Waals surface area contributed by atoms with Crippen LogP contribution >= 0.6 is 0 Å². The van der Waals surface area contributed by atoms with Gasteiger partial charge in [-0.25, -0.2) is 13.1 Å². The van der Waals surface area contributed by atoms with Gasteiger partial charge in [0.05, 0.1) is 10.6 Å². The van der Waals surface area contributed by atoms with Crippen LogP contribution in [-0.2, 0) is 14.8 Å². The van der Waals surface area contributed by atoms with Gasteiger partial charge in [-0.15, -0.1) is 0 Å². The number of hydrazine groups is 1. The summed E-state index contributed by atoms with van der Waals surface area (Å²) in [6, 6.07) is 3.30. The van der Waals surface area contributed by atoms with Crippen molar-refractivity contribution in [1.82, 2.24) is 4.72 Å². The van der Waals surface area contributed by atoms with E-state index in [1.54, 1.807) is 0 Å². The number of carbonyl (C=O) groups is 1. The maximum atomic E-state index is 11.9. The molecule has 11 heteroatoms. The first kappa shape index (κ1) is 15.8. The first-order chi connectivity index (χ1) is 9.27. The van der Waals surface area contributed by atoms with Gasteiger partial charge >= 0.3 is 0 Å². The molecular formula is C9H13N5O5S. The van der Waals surface area contributed by atoms with Crippen molar-refractivity contribution in [1.29, 1.82) is 0 Å². The summed E-state index contributed by atoms with van der Waals surface area (Å²) in [5.74, 6) is 4.41. The molecule has 0 spiro atoms. The Morgan fingerprint density at radius 2 is 2.05 bits per heavy atom. The van der Waals surface area contributed by atoms with Crippen molar-refractivity contribution < 1.29 is 18.1 Å². The van der Waals surface area contributed by atoms with Crippen LogP contribution in [0.2, 0.25) is 0 Å². The number of carbonyl (C=O) groups excluding carboxylic acids is 1. The average Bonchev–Trinajstić information content (AvgIpc) is 2.37. The fraction of sp³-hybridized carbons (Fsp3) is 0.222. The summed E-state index contributed by atoms with van der Waals surface area (Å²) in [6.07, 6.45) is -0.213. The Morgan fingerprint density at radius 1 is 1.40 bits per heavy atom. The van der Waals surface area contributed by atoms with E-state index in [9.17, 15) is 23.3 Å². The number of primary amides is 1. The van der Waals surface area contributed by atoms with Crippen molar-refractivity contribution in [3.8, 4) is 0 Å². The number of amides is 1. The Kier molecular flexibility index (Phi) is 4.96. The second-order valence-electron chi connectivity index (χ2n) is 3.70. The van der Waals surface area contributed by atoms with E-state index < -0.39 is 31.4 Å². The number of nitrogens with one attached hydrogen (secondary N) is 2. The largest absolute Gasteiger partial charge is 0.370 e. The first-order valence-corrected chi connectivity index (χ1v) is 6.79. The van der Waals surface area contributed by atoms with Crippen molar-refractivity contribution in [3.05, 3.63) is 28.3 Å². The summed E-state index contributed by atoms with van der Waals surface area (Å²) in [6.45, 7) is -0.244. The minimum absolute atomic E-state index is 0.188. The third-order valence-corrected chi connectivity index (χ3v) is 3.78. The average molecular weight is 303 g/mol. The molecule has 0 aliphatic rings. The van der Waals surface area contributed by atoms with E-state index in [2.05, 4.69) is 10.1 Å². The normalized spacial score (nSPS) is 11.1. The number of rotatable bonds is 7. The van der Waals surface area contributed by atoms with Gasteiger partial charge in [-0.05, 0) is 12.1 Å². The highest BCUT2D eigenvalue weighted by Crippen LogP contribution is 2.26. The molecule has 0 saturated carbocycles. The van der Waals surface area contributed by atoms with Crippen LogP contribution in [0.1, 0.15) is 6.42 Å². The highest BCUT2D eigenvalue weighted by atomic mass is 32.2. The van der Waals surface area contributed by atoms with Gasteiger partial charge in [-0.3, -0.25) is 20.8 Å². The number of sulfonamides is 1. The Hall–Kier alpha value is -2.24. The van der Waals surface area contributed by atoms with Gasteiger partial charge in [0, 0.05) is 19.0 Å². The number of nitrogens with two attached hydrogens (primary N) is 2. The maximum absolute atomic E-state index is 11.9. The monoisotopic (exact) mass is 303 g/mol. The second kappa shape index (κ2) is 6.27. The minimum Gasteiger partial charge on any atom is -0.370 e. The van der Waals surface area contributed by atoms with Crippen LogP contribution in [0.3, 0.4) is 0 Å². The van der Waals surface area contributed by atoms with Crippen molar-refractivity contribution in [2.24, 2.45) is 11.6 Å². The van der Waals surface area contributed by atoms with Crippen molar-refractivity contribution in [2.75, 3.05) is 12.0 Å². The Morgan fingerprint density at radius 3 is 2.55 bits per heavy atom. The molecule has 0 aromatic heterocycles. The number of nitro groups is 1. The van der Waals surface area contributed by atoms with Gasteiger partial charge in [0.25, 0.3) is 5.69 Å². The van der Waals surface area contributed by atoms with Crippen LogP contribution in [-0.4, -0.2) is 25.8 Å². The highest BCUT2D eigenvalue weighted by molar-refractivity contribution is 7.89. The quantitative estimate of drug-likeness (QED) is 0.285. The number of hydrogen-bond acceptors (Lipinski definition) is 7. The Balaban J connectivity index is 3.11. The number of benzene rings is 1. The molecule has 20 heavy (non-hydrogen) atoms. The standard InChI is InChI=1S/C9H13N5O5S/c10-9(15)3-4-12-20(18,19)8-2-1-6(13-11)5-7(8)14(16)17/h1-2,5,12-13H,3-4,11H2,(H2,10,15). The predicted molar refractivity (Wildman–Crippen MR) is 69.9 cm³/mol. The molecule has 0 aliphatic carbocycles. The maximum Gasteiger partial charge on any atom is 0.291 e. The summed E-state index contributed by atoms with van der Waals surface area (Å²) >= 11 is 0. The lowest BCUT2D eigenvalue weighted by Gasteiger charge is -2.07. The lowest BCUT2D eigenvalue weighted by Crippen LogP contribution is -2.28. The fourth-order valence-electron chi connectivity index (χ4n) is 1.36. The number of hydrogen-bond donors (Lipinski definition) is 4. The summed E-state index contributed by atoms with van der Waals surface area (Å²) in [7, 11) is -4.12. The number of nitrogens with zero attached hydrogens (tertiary/aromatic N) is 1. The van der Waals surface area contributed by atoms with Gasteiger partial charge < -0.3 is 11.2 Å². The molecule has 0 unspecified atom stereocenters. The van der Waals surface area contributed by atoms with Crippen LogP contribution in [0.5, 0.6) is 0 Å². The SMILES string of the molecule is NNc1ccc(S(=O)(=O)NCCC(N)=O)c([N+](=O)[O-])c1. The molecule has 0 saturated heterocycles.